The first kappa shape index (κ1) is 11.1. The molecule has 0 aliphatic carbocycles. The van der Waals surface area contributed by atoms with Gasteiger partial charge in [-0.05, 0) is 13.0 Å². The average molecular weight is 224 g/mol. The fraction of sp³-hybridized carbons (Fsp3) is 0.500. The number of hydrogen-bond acceptors (Lipinski definition) is 4. The molecule has 88 valence electrons. The topological polar surface area (TPSA) is 40.2 Å². The van der Waals surface area contributed by atoms with E-state index in [-0.39, 0.29) is 6.10 Å². The van der Waals surface area contributed by atoms with Crippen molar-refractivity contribution in [3.8, 4) is 17.2 Å². The van der Waals surface area contributed by atoms with Gasteiger partial charge in [0, 0.05) is 11.1 Å². The Hall–Kier alpha value is -1.42. The summed E-state index contributed by atoms with van der Waals surface area (Å²) in [7, 11) is 4.91. The Morgan fingerprint density at radius 3 is 2.19 bits per heavy atom. The zero-order valence-electron chi connectivity index (χ0n) is 9.99. The summed E-state index contributed by atoms with van der Waals surface area (Å²) in [5.41, 5.74) is 1.92. The SMILES string of the molecule is COc1cc(C2CO2)c(OC)c(OC)c1C. The summed E-state index contributed by atoms with van der Waals surface area (Å²) in [4.78, 5) is 0. The maximum Gasteiger partial charge on any atom is 0.167 e. The molecule has 1 aliphatic heterocycles. The number of benzene rings is 1. The molecule has 1 unspecified atom stereocenters. The average Bonchev–Trinajstić information content (AvgIpc) is 3.12. The second kappa shape index (κ2) is 4.22. The van der Waals surface area contributed by atoms with Crippen LogP contribution in [0.4, 0.5) is 0 Å². The molecule has 1 aromatic carbocycles. The summed E-state index contributed by atoms with van der Waals surface area (Å²) >= 11 is 0. The maximum absolute atomic E-state index is 5.39. The van der Waals surface area contributed by atoms with Gasteiger partial charge in [0.2, 0.25) is 0 Å². The van der Waals surface area contributed by atoms with E-state index >= 15 is 0 Å². The first-order valence-corrected chi connectivity index (χ1v) is 5.14. The lowest BCUT2D eigenvalue weighted by Crippen LogP contribution is -2.00. The number of rotatable bonds is 4. The third-order valence-corrected chi connectivity index (χ3v) is 2.77. The van der Waals surface area contributed by atoms with Gasteiger partial charge in [0.25, 0.3) is 0 Å². The van der Waals surface area contributed by atoms with Crippen molar-refractivity contribution >= 4 is 0 Å². The molecule has 4 nitrogen and oxygen atoms in total. The van der Waals surface area contributed by atoms with Gasteiger partial charge in [-0.2, -0.15) is 0 Å². The minimum absolute atomic E-state index is 0.110. The molecule has 1 saturated heterocycles. The Morgan fingerprint density at radius 2 is 1.75 bits per heavy atom. The molecule has 2 rings (SSSR count). The molecule has 0 bridgehead atoms. The number of ether oxygens (including phenoxy) is 4. The minimum atomic E-state index is 0.110. The van der Waals surface area contributed by atoms with Crippen molar-refractivity contribution in [1.82, 2.24) is 0 Å². The number of epoxide rings is 1. The summed E-state index contributed by atoms with van der Waals surface area (Å²) in [5, 5.41) is 0. The molecule has 1 aliphatic rings. The van der Waals surface area contributed by atoms with Crippen LogP contribution >= 0.6 is 0 Å². The van der Waals surface area contributed by atoms with Crippen molar-refractivity contribution in [2.45, 2.75) is 13.0 Å². The van der Waals surface area contributed by atoms with Gasteiger partial charge >= 0.3 is 0 Å². The van der Waals surface area contributed by atoms with Crippen molar-refractivity contribution in [3.63, 3.8) is 0 Å². The fourth-order valence-electron chi connectivity index (χ4n) is 1.86. The van der Waals surface area contributed by atoms with Crippen molar-refractivity contribution < 1.29 is 18.9 Å². The summed E-state index contributed by atoms with van der Waals surface area (Å²) in [6, 6.07) is 1.95. The Labute approximate surface area is 95.1 Å². The van der Waals surface area contributed by atoms with Crippen molar-refractivity contribution in [3.05, 3.63) is 17.2 Å². The van der Waals surface area contributed by atoms with E-state index in [1.165, 1.54) is 0 Å². The predicted molar refractivity (Wildman–Crippen MR) is 59.5 cm³/mol. The molecule has 0 spiro atoms. The van der Waals surface area contributed by atoms with Crippen LogP contribution in [0.1, 0.15) is 17.2 Å². The molecular weight excluding hydrogens is 208 g/mol. The highest BCUT2D eigenvalue weighted by Gasteiger charge is 2.31. The van der Waals surface area contributed by atoms with Crippen LogP contribution in [0.15, 0.2) is 6.07 Å². The standard InChI is InChI=1S/C12H16O4/c1-7-9(13-2)5-8(10-6-16-10)12(15-4)11(7)14-3/h5,10H,6H2,1-4H3. The zero-order valence-corrected chi connectivity index (χ0v) is 9.99. The third-order valence-electron chi connectivity index (χ3n) is 2.77. The van der Waals surface area contributed by atoms with Crippen LogP contribution in [0.5, 0.6) is 17.2 Å². The zero-order chi connectivity index (χ0) is 11.7. The van der Waals surface area contributed by atoms with Crippen molar-refractivity contribution in [2.75, 3.05) is 27.9 Å². The van der Waals surface area contributed by atoms with Gasteiger partial charge in [-0.15, -0.1) is 0 Å². The summed E-state index contributed by atoms with van der Waals surface area (Å²) in [6.45, 7) is 2.67. The van der Waals surface area contributed by atoms with E-state index in [0.717, 1.165) is 29.2 Å². The lowest BCUT2D eigenvalue weighted by molar-refractivity contribution is 0.334. The van der Waals surface area contributed by atoms with Crippen LogP contribution in [0.25, 0.3) is 0 Å². The van der Waals surface area contributed by atoms with E-state index in [4.69, 9.17) is 18.9 Å². The van der Waals surface area contributed by atoms with Crippen molar-refractivity contribution in [1.29, 1.82) is 0 Å². The van der Waals surface area contributed by atoms with E-state index in [9.17, 15) is 0 Å². The highest BCUT2D eigenvalue weighted by molar-refractivity contribution is 5.59. The van der Waals surface area contributed by atoms with Crippen molar-refractivity contribution in [2.24, 2.45) is 0 Å². The van der Waals surface area contributed by atoms with Gasteiger partial charge in [-0.25, -0.2) is 0 Å². The lowest BCUT2D eigenvalue weighted by atomic mass is 10.1. The lowest BCUT2D eigenvalue weighted by Gasteiger charge is -2.16. The summed E-state index contributed by atoms with van der Waals surface area (Å²) in [5.74, 6) is 2.25. The Morgan fingerprint density at radius 1 is 1.12 bits per heavy atom. The fourth-order valence-corrected chi connectivity index (χ4v) is 1.86. The summed E-state index contributed by atoms with van der Waals surface area (Å²) in [6.07, 6.45) is 0.110. The monoisotopic (exact) mass is 224 g/mol. The molecule has 1 heterocycles. The van der Waals surface area contributed by atoms with E-state index < -0.39 is 0 Å². The first-order valence-electron chi connectivity index (χ1n) is 5.14. The first-order chi connectivity index (χ1) is 7.72. The Balaban J connectivity index is 2.58. The molecule has 1 fully saturated rings. The largest absolute Gasteiger partial charge is 0.496 e. The molecule has 4 heteroatoms. The maximum atomic E-state index is 5.39. The third kappa shape index (κ3) is 1.69. The smallest absolute Gasteiger partial charge is 0.167 e. The predicted octanol–water partition coefficient (Wildman–Crippen LogP) is 2.09. The summed E-state index contributed by atoms with van der Waals surface area (Å²) < 4.78 is 21.4. The number of methoxy groups -OCH3 is 3. The quantitative estimate of drug-likeness (QED) is 0.734. The molecule has 1 atom stereocenters. The molecule has 16 heavy (non-hydrogen) atoms. The Kier molecular flexibility index (Phi) is 2.92. The normalized spacial score (nSPS) is 18.1. The highest BCUT2D eigenvalue weighted by atomic mass is 16.6. The molecule has 0 radical (unpaired) electrons. The van der Waals surface area contributed by atoms with Gasteiger partial charge in [-0.3, -0.25) is 0 Å². The van der Waals surface area contributed by atoms with Crippen LogP contribution in [-0.4, -0.2) is 27.9 Å². The Bertz CT molecular complexity index is 396. The molecule has 0 N–H and O–H groups in total. The number of hydrogen-bond donors (Lipinski definition) is 0. The molecular formula is C12H16O4. The molecule has 1 aromatic rings. The second-order valence-electron chi connectivity index (χ2n) is 3.68. The van der Waals surface area contributed by atoms with Gasteiger partial charge in [0.15, 0.2) is 11.5 Å². The van der Waals surface area contributed by atoms with Crippen LogP contribution in [0.3, 0.4) is 0 Å². The van der Waals surface area contributed by atoms with E-state index in [1.807, 2.05) is 13.0 Å². The second-order valence-corrected chi connectivity index (χ2v) is 3.68. The van der Waals surface area contributed by atoms with Crippen LogP contribution < -0.4 is 14.2 Å². The molecule has 0 amide bonds. The molecule has 0 saturated carbocycles. The van der Waals surface area contributed by atoms with E-state index in [0.29, 0.717) is 5.75 Å². The minimum Gasteiger partial charge on any atom is -0.496 e. The van der Waals surface area contributed by atoms with Crippen LogP contribution in [0.2, 0.25) is 0 Å². The van der Waals surface area contributed by atoms with Crippen LogP contribution in [-0.2, 0) is 4.74 Å². The van der Waals surface area contributed by atoms with Gasteiger partial charge in [0.1, 0.15) is 11.9 Å². The van der Waals surface area contributed by atoms with E-state index in [2.05, 4.69) is 0 Å². The van der Waals surface area contributed by atoms with Gasteiger partial charge in [-0.1, -0.05) is 0 Å². The highest BCUT2D eigenvalue weighted by Crippen LogP contribution is 2.46. The van der Waals surface area contributed by atoms with Crippen LogP contribution in [0, 0.1) is 6.92 Å². The van der Waals surface area contributed by atoms with Gasteiger partial charge < -0.3 is 18.9 Å². The van der Waals surface area contributed by atoms with E-state index in [1.54, 1.807) is 21.3 Å². The molecule has 0 aromatic heterocycles. The van der Waals surface area contributed by atoms with Gasteiger partial charge in [0.05, 0.1) is 27.9 Å².